The van der Waals surface area contributed by atoms with Gasteiger partial charge in [-0.2, -0.15) is 0 Å². The van der Waals surface area contributed by atoms with Gasteiger partial charge in [-0.25, -0.2) is 9.97 Å². The minimum atomic E-state index is -0.0305. The number of ether oxygens (including phenoxy) is 5. The number of hydrogen-bond acceptors (Lipinski definition) is 8. The molecule has 1 N–H and O–H groups in total. The molecule has 3 rings (SSSR count). The van der Waals surface area contributed by atoms with Crippen LogP contribution in [0.15, 0.2) is 12.4 Å². The molecule has 130 valence electrons. The monoisotopic (exact) mass is 335 g/mol. The summed E-state index contributed by atoms with van der Waals surface area (Å²) in [5, 5.41) is 4.14. The van der Waals surface area contributed by atoms with Crippen molar-refractivity contribution in [1.29, 1.82) is 0 Å². The normalized spacial score (nSPS) is 20.2. The maximum atomic E-state index is 5.49. The van der Waals surface area contributed by atoms with Crippen LogP contribution in [0, 0.1) is 0 Å². The van der Waals surface area contributed by atoms with Gasteiger partial charge in [-0.3, -0.25) is 0 Å². The zero-order valence-electron chi connectivity index (χ0n) is 14.2. The highest BCUT2D eigenvalue weighted by molar-refractivity contribution is 5.96. The van der Waals surface area contributed by atoms with E-state index in [1.54, 1.807) is 28.4 Å². The highest BCUT2D eigenvalue weighted by Crippen LogP contribution is 2.43. The van der Waals surface area contributed by atoms with Crippen molar-refractivity contribution < 1.29 is 23.7 Å². The van der Waals surface area contributed by atoms with E-state index >= 15 is 0 Å². The van der Waals surface area contributed by atoms with Crippen LogP contribution < -0.4 is 19.5 Å². The molecule has 0 amide bonds. The molecule has 1 aliphatic rings. The van der Waals surface area contributed by atoms with Crippen LogP contribution in [0.5, 0.6) is 17.2 Å². The van der Waals surface area contributed by atoms with Crippen molar-refractivity contribution in [2.45, 2.75) is 12.1 Å². The Morgan fingerprint density at radius 2 is 1.83 bits per heavy atom. The predicted molar refractivity (Wildman–Crippen MR) is 88.2 cm³/mol. The van der Waals surface area contributed by atoms with Crippen molar-refractivity contribution in [2.24, 2.45) is 0 Å². The number of rotatable bonds is 6. The van der Waals surface area contributed by atoms with Gasteiger partial charge in [0, 0.05) is 7.11 Å². The Morgan fingerprint density at radius 3 is 2.50 bits per heavy atom. The van der Waals surface area contributed by atoms with Crippen molar-refractivity contribution in [3.8, 4) is 17.2 Å². The van der Waals surface area contributed by atoms with Crippen LogP contribution in [0.4, 0.5) is 5.82 Å². The summed E-state index contributed by atoms with van der Waals surface area (Å²) in [6.45, 7) is 1.10. The molecule has 1 fully saturated rings. The van der Waals surface area contributed by atoms with Crippen molar-refractivity contribution >= 4 is 16.7 Å². The molecule has 0 aliphatic carbocycles. The minimum Gasteiger partial charge on any atom is -0.493 e. The van der Waals surface area contributed by atoms with E-state index in [-0.39, 0.29) is 12.1 Å². The minimum absolute atomic E-state index is 0.00666. The van der Waals surface area contributed by atoms with Gasteiger partial charge in [0.25, 0.3) is 0 Å². The number of benzene rings is 1. The van der Waals surface area contributed by atoms with Crippen molar-refractivity contribution in [2.75, 3.05) is 47.0 Å². The molecule has 1 saturated heterocycles. The molecule has 24 heavy (non-hydrogen) atoms. The standard InChI is InChI=1S/C16H21N3O5/c1-20-11-5-9-13(15(23-4)14(11)22-3)17-8-18-16(9)19-10-6-24-7-12(10)21-2/h5,8,10,12H,6-7H2,1-4H3,(H,17,18,19)/t10-,12+/m0/s1. The Balaban J connectivity index is 2.09. The summed E-state index contributed by atoms with van der Waals surface area (Å²) in [6, 6.07) is 1.84. The molecule has 0 saturated carbocycles. The topological polar surface area (TPSA) is 84.0 Å². The Hall–Kier alpha value is -2.32. The third-order valence-electron chi connectivity index (χ3n) is 4.09. The highest BCUT2D eigenvalue weighted by atomic mass is 16.5. The van der Waals surface area contributed by atoms with Crippen LogP contribution in [0.25, 0.3) is 10.9 Å². The summed E-state index contributed by atoms with van der Waals surface area (Å²) in [4.78, 5) is 8.70. The van der Waals surface area contributed by atoms with Crippen molar-refractivity contribution in [1.82, 2.24) is 9.97 Å². The third-order valence-corrected chi connectivity index (χ3v) is 4.09. The molecule has 0 spiro atoms. The first-order chi connectivity index (χ1) is 11.7. The maximum absolute atomic E-state index is 5.49. The molecule has 2 heterocycles. The van der Waals surface area contributed by atoms with E-state index in [1.165, 1.54) is 6.33 Å². The van der Waals surface area contributed by atoms with E-state index in [2.05, 4.69) is 15.3 Å². The van der Waals surface area contributed by atoms with Crippen molar-refractivity contribution in [3.63, 3.8) is 0 Å². The first kappa shape index (κ1) is 16.5. The second kappa shape index (κ2) is 7.06. The zero-order valence-corrected chi connectivity index (χ0v) is 14.2. The molecule has 0 bridgehead atoms. The van der Waals surface area contributed by atoms with Gasteiger partial charge in [-0.05, 0) is 6.07 Å². The molecular weight excluding hydrogens is 314 g/mol. The fourth-order valence-corrected chi connectivity index (χ4v) is 2.86. The van der Waals surface area contributed by atoms with E-state index in [0.29, 0.717) is 41.8 Å². The van der Waals surface area contributed by atoms with Crippen LogP contribution in [-0.4, -0.2) is 63.8 Å². The summed E-state index contributed by atoms with van der Waals surface area (Å²) >= 11 is 0. The lowest BCUT2D eigenvalue weighted by Gasteiger charge is -2.20. The van der Waals surface area contributed by atoms with Crippen LogP contribution >= 0.6 is 0 Å². The van der Waals surface area contributed by atoms with Gasteiger partial charge in [-0.1, -0.05) is 0 Å². The van der Waals surface area contributed by atoms with Gasteiger partial charge >= 0.3 is 0 Å². The average molecular weight is 335 g/mol. The summed E-state index contributed by atoms with van der Waals surface area (Å²) < 4.78 is 27.2. The molecular formula is C16H21N3O5. The van der Waals surface area contributed by atoms with E-state index in [9.17, 15) is 0 Å². The summed E-state index contributed by atoms with van der Waals surface area (Å²) in [5.74, 6) is 2.21. The number of fused-ring (bicyclic) bond motifs is 1. The molecule has 2 aromatic rings. The number of hydrogen-bond donors (Lipinski definition) is 1. The number of methoxy groups -OCH3 is 4. The molecule has 0 radical (unpaired) electrons. The largest absolute Gasteiger partial charge is 0.493 e. The predicted octanol–water partition coefficient (Wildman–Crippen LogP) is 1.48. The number of nitrogens with one attached hydrogen (secondary N) is 1. The van der Waals surface area contributed by atoms with E-state index < -0.39 is 0 Å². The van der Waals surface area contributed by atoms with Crippen LogP contribution in [-0.2, 0) is 9.47 Å². The Bertz CT molecular complexity index is 724. The fraction of sp³-hybridized carbons (Fsp3) is 0.500. The summed E-state index contributed by atoms with van der Waals surface area (Å²) in [6.07, 6.45) is 1.45. The number of nitrogens with zero attached hydrogens (tertiary/aromatic N) is 2. The van der Waals surface area contributed by atoms with Crippen LogP contribution in [0.3, 0.4) is 0 Å². The first-order valence-electron chi connectivity index (χ1n) is 7.54. The van der Waals surface area contributed by atoms with Gasteiger partial charge < -0.3 is 29.0 Å². The van der Waals surface area contributed by atoms with Crippen molar-refractivity contribution in [3.05, 3.63) is 12.4 Å². The van der Waals surface area contributed by atoms with E-state index in [0.717, 1.165) is 5.39 Å². The lowest BCUT2D eigenvalue weighted by Crippen LogP contribution is -2.33. The second-order valence-electron chi connectivity index (χ2n) is 5.33. The molecule has 1 aromatic heterocycles. The Morgan fingerprint density at radius 1 is 1.04 bits per heavy atom. The summed E-state index contributed by atoms with van der Waals surface area (Å²) in [7, 11) is 6.37. The van der Waals surface area contributed by atoms with E-state index in [4.69, 9.17) is 23.7 Å². The number of aromatic nitrogens is 2. The molecule has 1 aromatic carbocycles. The van der Waals surface area contributed by atoms with Gasteiger partial charge in [0.05, 0.1) is 46.0 Å². The molecule has 8 nitrogen and oxygen atoms in total. The SMILES string of the molecule is COc1cc2c(N[C@H]3COC[C@H]3OC)ncnc2c(OC)c1OC. The highest BCUT2D eigenvalue weighted by Gasteiger charge is 2.29. The van der Waals surface area contributed by atoms with Crippen LogP contribution in [0.2, 0.25) is 0 Å². The first-order valence-corrected chi connectivity index (χ1v) is 7.54. The molecule has 1 aliphatic heterocycles. The van der Waals surface area contributed by atoms with Crippen LogP contribution in [0.1, 0.15) is 0 Å². The van der Waals surface area contributed by atoms with Gasteiger partial charge in [0.15, 0.2) is 11.5 Å². The maximum Gasteiger partial charge on any atom is 0.205 e. The summed E-state index contributed by atoms with van der Waals surface area (Å²) in [5.41, 5.74) is 0.639. The average Bonchev–Trinajstić information content (AvgIpc) is 3.07. The third kappa shape index (κ3) is 2.78. The molecule has 2 atom stereocenters. The smallest absolute Gasteiger partial charge is 0.205 e. The Kier molecular flexibility index (Phi) is 4.86. The lowest BCUT2D eigenvalue weighted by atomic mass is 10.1. The lowest BCUT2D eigenvalue weighted by molar-refractivity contribution is 0.0795. The quantitative estimate of drug-likeness (QED) is 0.850. The zero-order chi connectivity index (χ0) is 17.1. The second-order valence-corrected chi connectivity index (χ2v) is 5.33. The fourth-order valence-electron chi connectivity index (χ4n) is 2.86. The Labute approximate surface area is 140 Å². The molecule has 0 unspecified atom stereocenters. The van der Waals surface area contributed by atoms with Gasteiger partial charge in [-0.15, -0.1) is 0 Å². The molecule has 8 heteroatoms. The number of anilines is 1. The van der Waals surface area contributed by atoms with Gasteiger partial charge in [0.1, 0.15) is 23.8 Å². The van der Waals surface area contributed by atoms with E-state index in [1.807, 2.05) is 6.07 Å². The van der Waals surface area contributed by atoms with Gasteiger partial charge in [0.2, 0.25) is 5.75 Å².